The van der Waals surface area contributed by atoms with Gasteiger partial charge in [0.25, 0.3) is 0 Å². The highest BCUT2D eigenvalue weighted by atomic mass is 16.7. The Balaban J connectivity index is 1.60. The van der Waals surface area contributed by atoms with E-state index >= 15 is 0 Å². The Morgan fingerprint density at radius 2 is 1.73 bits per heavy atom. The normalized spacial score (nSPS) is 18.6. The Bertz CT molecular complexity index is 946. The molecule has 0 radical (unpaired) electrons. The van der Waals surface area contributed by atoms with Crippen LogP contribution in [0, 0.1) is 6.92 Å². The lowest BCUT2D eigenvalue weighted by atomic mass is 9.79. The Labute approximate surface area is 155 Å². The van der Waals surface area contributed by atoms with E-state index in [1.165, 1.54) is 11.1 Å². The first-order chi connectivity index (χ1) is 12.2. The molecule has 0 unspecified atom stereocenters. The second kappa shape index (κ2) is 5.97. The van der Waals surface area contributed by atoms with Crippen molar-refractivity contribution in [3.63, 3.8) is 0 Å². The quantitative estimate of drug-likeness (QED) is 0.678. The van der Waals surface area contributed by atoms with Crippen molar-refractivity contribution in [2.24, 2.45) is 0 Å². The van der Waals surface area contributed by atoms with Crippen LogP contribution >= 0.6 is 0 Å². The third-order valence-corrected chi connectivity index (χ3v) is 5.53. The van der Waals surface area contributed by atoms with Crippen molar-refractivity contribution in [1.82, 2.24) is 9.78 Å². The molecule has 0 aliphatic carbocycles. The lowest BCUT2D eigenvalue weighted by Crippen LogP contribution is -2.41. The molecule has 0 N–H and O–H groups in total. The number of hydrogen-bond donors (Lipinski definition) is 0. The van der Waals surface area contributed by atoms with Crippen LogP contribution in [0.15, 0.2) is 48.7 Å². The highest BCUT2D eigenvalue weighted by Crippen LogP contribution is 2.36. The summed E-state index contributed by atoms with van der Waals surface area (Å²) in [5.41, 5.74) is 3.82. The third kappa shape index (κ3) is 3.06. The van der Waals surface area contributed by atoms with Gasteiger partial charge in [-0.25, -0.2) is 0 Å². The summed E-state index contributed by atoms with van der Waals surface area (Å²) < 4.78 is 14.3. The monoisotopic (exact) mass is 348 g/mol. The summed E-state index contributed by atoms with van der Waals surface area (Å²) in [7, 11) is -0.355. The molecule has 1 aromatic heterocycles. The fraction of sp³-hybridized carbons (Fsp3) is 0.381. The van der Waals surface area contributed by atoms with Gasteiger partial charge >= 0.3 is 7.12 Å². The van der Waals surface area contributed by atoms with Crippen LogP contribution < -0.4 is 5.46 Å². The molecule has 1 fully saturated rings. The number of hydrogen-bond acceptors (Lipinski definition) is 3. The molecule has 2 aromatic carbocycles. The van der Waals surface area contributed by atoms with Crippen molar-refractivity contribution in [2.45, 2.75) is 52.4 Å². The van der Waals surface area contributed by atoms with E-state index in [4.69, 9.17) is 14.4 Å². The van der Waals surface area contributed by atoms with Gasteiger partial charge < -0.3 is 9.31 Å². The smallest absolute Gasteiger partial charge is 0.399 e. The minimum absolute atomic E-state index is 0.336. The van der Waals surface area contributed by atoms with Crippen LogP contribution in [0.5, 0.6) is 0 Å². The third-order valence-electron chi connectivity index (χ3n) is 5.53. The molecule has 1 aliphatic rings. The van der Waals surface area contributed by atoms with E-state index < -0.39 is 0 Å². The number of fused-ring (bicyclic) bond motifs is 1. The summed E-state index contributed by atoms with van der Waals surface area (Å²) in [5, 5.41) is 5.87. The maximum atomic E-state index is 6.16. The van der Waals surface area contributed by atoms with E-state index in [0.29, 0.717) is 0 Å². The highest BCUT2D eigenvalue weighted by molar-refractivity contribution is 6.62. The van der Waals surface area contributed by atoms with E-state index in [0.717, 1.165) is 22.9 Å². The molecule has 1 aliphatic heterocycles. The maximum absolute atomic E-state index is 6.16. The second-order valence-electron chi connectivity index (χ2n) is 8.22. The molecular weight excluding hydrogens is 323 g/mol. The largest absolute Gasteiger partial charge is 0.494 e. The molecule has 26 heavy (non-hydrogen) atoms. The van der Waals surface area contributed by atoms with Crippen LogP contribution in [0.25, 0.3) is 10.9 Å². The average Bonchev–Trinajstić information content (AvgIpc) is 3.03. The lowest BCUT2D eigenvalue weighted by Gasteiger charge is -2.32. The van der Waals surface area contributed by atoms with Gasteiger partial charge in [0, 0.05) is 11.6 Å². The zero-order chi connectivity index (χ0) is 18.5. The first kappa shape index (κ1) is 17.3. The van der Waals surface area contributed by atoms with Crippen LogP contribution in [-0.2, 0) is 15.9 Å². The van der Waals surface area contributed by atoms with Gasteiger partial charge in [-0.2, -0.15) is 5.10 Å². The lowest BCUT2D eigenvalue weighted by molar-refractivity contribution is 0.00578. The highest BCUT2D eigenvalue weighted by Gasteiger charge is 2.51. The Kier molecular flexibility index (Phi) is 3.97. The second-order valence-corrected chi connectivity index (χ2v) is 8.22. The van der Waals surface area contributed by atoms with E-state index in [-0.39, 0.29) is 18.3 Å². The molecule has 0 atom stereocenters. The predicted octanol–water partition coefficient (Wildman–Crippen LogP) is 3.69. The van der Waals surface area contributed by atoms with E-state index in [2.05, 4.69) is 83.3 Å². The molecule has 0 spiro atoms. The van der Waals surface area contributed by atoms with E-state index in [9.17, 15) is 0 Å². The number of nitrogens with zero attached hydrogens (tertiary/aromatic N) is 2. The molecule has 4 nitrogen and oxygen atoms in total. The first-order valence-electron chi connectivity index (χ1n) is 9.12. The molecule has 1 saturated heterocycles. The van der Waals surface area contributed by atoms with Crippen LogP contribution in [0.4, 0.5) is 0 Å². The maximum Gasteiger partial charge on any atom is 0.494 e. The summed E-state index contributed by atoms with van der Waals surface area (Å²) >= 11 is 0. The number of rotatable bonds is 3. The van der Waals surface area contributed by atoms with E-state index in [1.54, 1.807) is 0 Å². The standard InChI is InChI=1S/C21H25BN2O2/c1-15-7-6-8-16(11-15)13-24-14-17-9-10-18(12-19(17)23-24)22-25-20(2,3)21(4,5)26-22/h6-12,14H,13H2,1-5H3. The molecule has 2 heterocycles. The van der Waals surface area contributed by atoms with Crippen molar-refractivity contribution < 1.29 is 9.31 Å². The van der Waals surface area contributed by atoms with Gasteiger partial charge in [0.2, 0.25) is 0 Å². The molecule has 134 valence electrons. The van der Waals surface area contributed by atoms with Gasteiger partial charge in [0.1, 0.15) is 0 Å². The Morgan fingerprint density at radius 3 is 2.42 bits per heavy atom. The summed E-state index contributed by atoms with van der Waals surface area (Å²) in [4.78, 5) is 0. The minimum atomic E-state index is -0.355. The fourth-order valence-electron chi connectivity index (χ4n) is 3.29. The predicted molar refractivity (Wildman–Crippen MR) is 106 cm³/mol. The molecule has 0 saturated carbocycles. The summed E-state index contributed by atoms with van der Waals surface area (Å²) in [6.07, 6.45) is 2.09. The number of benzene rings is 2. The summed E-state index contributed by atoms with van der Waals surface area (Å²) in [5.74, 6) is 0. The number of aryl methyl sites for hydroxylation is 1. The van der Waals surface area contributed by atoms with Gasteiger partial charge in [0.05, 0.1) is 23.3 Å². The zero-order valence-corrected chi connectivity index (χ0v) is 16.1. The molecule has 5 heteroatoms. The fourth-order valence-corrected chi connectivity index (χ4v) is 3.29. The summed E-state index contributed by atoms with van der Waals surface area (Å²) in [6.45, 7) is 11.2. The van der Waals surface area contributed by atoms with Crippen LogP contribution in [-0.4, -0.2) is 28.1 Å². The van der Waals surface area contributed by atoms with Crippen molar-refractivity contribution in [2.75, 3.05) is 0 Å². The van der Waals surface area contributed by atoms with Crippen molar-refractivity contribution in [3.8, 4) is 0 Å². The van der Waals surface area contributed by atoms with Crippen LogP contribution in [0.1, 0.15) is 38.8 Å². The van der Waals surface area contributed by atoms with E-state index in [1.807, 2.05) is 4.68 Å². The molecular formula is C21H25BN2O2. The zero-order valence-electron chi connectivity index (χ0n) is 16.1. The Hall–Kier alpha value is -2.11. The van der Waals surface area contributed by atoms with Crippen LogP contribution in [0.2, 0.25) is 0 Å². The first-order valence-corrected chi connectivity index (χ1v) is 9.12. The van der Waals surface area contributed by atoms with Crippen molar-refractivity contribution >= 4 is 23.5 Å². The Morgan fingerprint density at radius 1 is 1.00 bits per heavy atom. The molecule has 3 aromatic rings. The van der Waals surface area contributed by atoms with Gasteiger partial charge in [0.15, 0.2) is 0 Å². The summed E-state index contributed by atoms with van der Waals surface area (Å²) in [6, 6.07) is 14.8. The number of aromatic nitrogens is 2. The minimum Gasteiger partial charge on any atom is -0.399 e. The molecule has 0 bridgehead atoms. The SMILES string of the molecule is Cc1cccc(Cn2cc3ccc(B4OC(C)(C)C(C)(C)O4)cc3n2)c1. The van der Waals surface area contributed by atoms with Gasteiger partial charge in [-0.1, -0.05) is 42.0 Å². The average molecular weight is 348 g/mol. The molecule has 0 amide bonds. The van der Waals surface area contributed by atoms with Crippen molar-refractivity contribution in [1.29, 1.82) is 0 Å². The topological polar surface area (TPSA) is 36.3 Å². The van der Waals surface area contributed by atoms with Gasteiger partial charge in [-0.3, -0.25) is 4.68 Å². The molecule has 4 rings (SSSR count). The van der Waals surface area contributed by atoms with Gasteiger partial charge in [-0.15, -0.1) is 0 Å². The van der Waals surface area contributed by atoms with Crippen molar-refractivity contribution in [3.05, 3.63) is 59.8 Å². The van der Waals surface area contributed by atoms with Crippen LogP contribution in [0.3, 0.4) is 0 Å². The van der Waals surface area contributed by atoms with Gasteiger partial charge in [-0.05, 0) is 51.7 Å².